The van der Waals surface area contributed by atoms with E-state index in [2.05, 4.69) is 52.4 Å². The molecule has 5 nitrogen and oxygen atoms in total. The third-order valence-corrected chi connectivity index (χ3v) is 5.62. The molecule has 6 heteroatoms. The maximum absolute atomic E-state index is 12.2. The van der Waals surface area contributed by atoms with Crippen LogP contribution < -0.4 is 0 Å². The molecule has 0 bridgehead atoms. The Morgan fingerprint density at radius 1 is 1.42 bits per heavy atom. The molecular formula is C18H24IN3O2. The fourth-order valence-electron chi connectivity index (χ4n) is 3.04. The van der Waals surface area contributed by atoms with E-state index in [-0.39, 0.29) is 12.1 Å². The van der Waals surface area contributed by atoms with Gasteiger partial charge in [0.25, 0.3) is 0 Å². The summed E-state index contributed by atoms with van der Waals surface area (Å²) in [5.41, 5.74) is 1.79. The van der Waals surface area contributed by atoms with E-state index in [4.69, 9.17) is 9.72 Å². The summed E-state index contributed by atoms with van der Waals surface area (Å²) in [5.74, 6) is 0. The van der Waals surface area contributed by atoms with Gasteiger partial charge in [0.15, 0.2) is 0 Å². The van der Waals surface area contributed by atoms with Gasteiger partial charge in [0.2, 0.25) is 0 Å². The number of carbonyl (C=O) groups is 1. The number of nitrogens with zero attached hydrogens (tertiary/aromatic N) is 3. The number of hydrogen-bond acceptors (Lipinski definition) is 3. The minimum atomic E-state index is -0.455. The molecule has 0 aromatic carbocycles. The van der Waals surface area contributed by atoms with E-state index >= 15 is 0 Å². The number of fused-ring (bicyclic) bond motifs is 1. The van der Waals surface area contributed by atoms with Gasteiger partial charge < -0.3 is 14.2 Å². The van der Waals surface area contributed by atoms with Crippen molar-refractivity contribution in [3.63, 3.8) is 0 Å². The lowest BCUT2D eigenvalue weighted by atomic mass is 9.85. The van der Waals surface area contributed by atoms with Gasteiger partial charge in [-0.15, -0.1) is 0 Å². The molecule has 1 aliphatic carbocycles. The molecule has 1 aliphatic rings. The number of hydrogen-bond donors (Lipinski definition) is 0. The van der Waals surface area contributed by atoms with Gasteiger partial charge in [-0.25, -0.2) is 9.78 Å². The van der Waals surface area contributed by atoms with Crippen LogP contribution in [0.1, 0.15) is 45.2 Å². The second-order valence-electron chi connectivity index (χ2n) is 7.60. The van der Waals surface area contributed by atoms with Gasteiger partial charge in [-0.1, -0.05) is 0 Å². The molecule has 0 radical (unpaired) electrons. The highest BCUT2D eigenvalue weighted by atomic mass is 127. The van der Waals surface area contributed by atoms with Gasteiger partial charge in [0, 0.05) is 30.7 Å². The molecule has 1 saturated carbocycles. The maximum atomic E-state index is 12.2. The van der Waals surface area contributed by atoms with E-state index in [1.54, 1.807) is 4.90 Å². The molecule has 1 amide bonds. The Balaban J connectivity index is 1.69. The Kier molecular flexibility index (Phi) is 4.53. The fraction of sp³-hybridized carbons (Fsp3) is 0.556. The first kappa shape index (κ1) is 17.5. The largest absolute Gasteiger partial charge is 0.444 e. The lowest BCUT2D eigenvalue weighted by Gasteiger charge is -2.42. The van der Waals surface area contributed by atoms with E-state index in [1.807, 2.05) is 27.8 Å². The Labute approximate surface area is 156 Å². The summed E-state index contributed by atoms with van der Waals surface area (Å²) in [6, 6.07) is 4.93. The molecule has 2 aromatic rings. The first-order chi connectivity index (χ1) is 11.2. The summed E-state index contributed by atoms with van der Waals surface area (Å²) in [4.78, 5) is 18.6. The van der Waals surface area contributed by atoms with Crippen LogP contribution in [0.4, 0.5) is 4.79 Å². The zero-order valence-corrected chi connectivity index (χ0v) is 17.0. The highest BCUT2D eigenvalue weighted by molar-refractivity contribution is 14.1. The summed E-state index contributed by atoms with van der Waals surface area (Å²) >= 11 is 2.28. The predicted octanol–water partition coefficient (Wildman–Crippen LogP) is 4.52. The highest BCUT2D eigenvalue weighted by Gasteiger charge is 2.37. The number of halogens is 1. The number of aryl methyl sites for hydroxylation is 1. The lowest BCUT2D eigenvalue weighted by Crippen LogP contribution is -2.47. The summed E-state index contributed by atoms with van der Waals surface area (Å²) < 4.78 is 8.74. The third-order valence-electron chi connectivity index (χ3n) is 4.53. The first-order valence-corrected chi connectivity index (χ1v) is 9.33. The Morgan fingerprint density at radius 2 is 2.08 bits per heavy atom. The van der Waals surface area contributed by atoms with Crippen molar-refractivity contribution in [2.24, 2.45) is 0 Å². The number of rotatable bonds is 2. The van der Waals surface area contributed by atoms with Crippen LogP contribution in [-0.4, -0.2) is 39.2 Å². The first-order valence-electron chi connectivity index (χ1n) is 8.25. The second kappa shape index (κ2) is 6.20. The average Bonchev–Trinajstić information content (AvgIpc) is 2.78. The van der Waals surface area contributed by atoms with E-state index in [0.717, 1.165) is 22.2 Å². The van der Waals surface area contributed by atoms with Crippen LogP contribution >= 0.6 is 22.6 Å². The molecule has 24 heavy (non-hydrogen) atoms. The molecule has 0 aliphatic heterocycles. The van der Waals surface area contributed by atoms with Crippen molar-refractivity contribution >= 4 is 39.7 Å². The number of carbonyl (C=O) groups excluding carboxylic acids is 1. The maximum Gasteiger partial charge on any atom is 0.410 e. The standard InChI is InChI=1S/C18H24IN3O2/c1-11-8-12-6-7-22(16(12)20-15(11)19)14-9-13(10-14)21(5)17(23)24-18(2,3)4/h6-8,13-14H,9-10H2,1-5H3. The summed E-state index contributed by atoms with van der Waals surface area (Å²) in [7, 11) is 1.83. The van der Waals surface area contributed by atoms with E-state index in [1.165, 1.54) is 10.9 Å². The molecule has 0 N–H and O–H groups in total. The quantitative estimate of drug-likeness (QED) is 0.509. The van der Waals surface area contributed by atoms with Crippen molar-refractivity contribution in [3.05, 3.63) is 27.6 Å². The topological polar surface area (TPSA) is 47.4 Å². The minimum absolute atomic E-state index is 0.229. The van der Waals surface area contributed by atoms with Crippen molar-refractivity contribution in [2.45, 2.75) is 58.2 Å². The summed E-state index contributed by atoms with van der Waals surface area (Å²) in [5, 5.41) is 1.18. The SMILES string of the molecule is Cc1cc2ccn(C3CC(N(C)C(=O)OC(C)(C)C)C3)c2nc1I. The zero-order chi connectivity index (χ0) is 17.6. The van der Waals surface area contributed by atoms with Gasteiger partial charge in [-0.2, -0.15) is 0 Å². The van der Waals surface area contributed by atoms with Crippen LogP contribution in [0, 0.1) is 10.6 Å². The fourth-order valence-corrected chi connectivity index (χ4v) is 3.43. The summed E-state index contributed by atoms with van der Waals surface area (Å²) in [6.07, 6.45) is 3.74. The zero-order valence-electron chi connectivity index (χ0n) is 14.8. The molecule has 0 atom stereocenters. The average molecular weight is 441 g/mol. The number of aromatic nitrogens is 2. The normalized spacial score (nSPS) is 20.8. The lowest BCUT2D eigenvalue weighted by molar-refractivity contribution is 0.00809. The van der Waals surface area contributed by atoms with Crippen LogP contribution in [0.3, 0.4) is 0 Å². The molecule has 130 valence electrons. The molecule has 2 aromatic heterocycles. The minimum Gasteiger partial charge on any atom is -0.444 e. The van der Waals surface area contributed by atoms with Gasteiger partial charge in [-0.3, -0.25) is 0 Å². The molecular weight excluding hydrogens is 417 g/mol. The van der Waals surface area contributed by atoms with Crippen molar-refractivity contribution < 1.29 is 9.53 Å². The molecule has 2 heterocycles. The van der Waals surface area contributed by atoms with Crippen LogP contribution in [0.5, 0.6) is 0 Å². The van der Waals surface area contributed by atoms with Gasteiger partial charge in [0.05, 0.1) is 0 Å². The second-order valence-corrected chi connectivity index (χ2v) is 8.62. The van der Waals surface area contributed by atoms with E-state index in [9.17, 15) is 4.79 Å². The molecule has 3 rings (SSSR count). The van der Waals surface area contributed by atoms with Crippen LogP contribution in [-0.2, 0) is 4.74 Å². The van der Waals surface area contributed by atoms with Gasteiger partial charge >= 0.3 is 6.09 Å². The van der Waals surface area contributed by atoms with E-state index < -0.39 is 5.60 Å². The van der Waals surface area contributed by atoms with Gasteiger partial charge in [-0.05, 0) is 80.8 Å². The van der Waals surface area contributed by atoms with E-state index in [0.29, 0.717) is 6.04 Å². The van der Waals surface area contributed by atoms with Crippen molar-refractivity contribution in [1.82, 2.24) is 14.5 Å². The van der Waals surface area contributed by atoms with Crippen LogP contribution in [0.25, 0.3) is 11.0 Å². The molecule has 0 spiro atoms. The highest BCUT2D eigenvalue weighted by Crippen LogP contribution is 2.38. The van der Waals surface area contributed by atoms with Crippen molar-refractivity contribution in [3.8, 4) is 0 Å². The summed E-state index contributed by atoms with van der Waals surface area (Å²) in [6.45, 7) is 7.76. The Morgan fingerprint density at radius 3 is 2.71 bits per heavy atom. The van der Waals surface area contributed by atoms with Gasteiger partial charge in [0.1, 0.15) is 14.9 Å². The van der Waals surface area contributed by atoms with Crippen LogP contribution in [0.15, 0.2) is 18.3 Å². The van der Waals surface area contributed by atoms with Crippen molar-refractivity contribution in [2.75, 3.05) is 7.05 Å². The molecule has 0 saturated heterocycles. The molecule has 1 fully saturated rings. The monoisotopic (exact) mass is 441 g/mol. The number of amides is 1. The molecule has 0 unspecified atom stereocenters. The Bertz CT molecular complexity index is 772. The predicted molar refractivity (Wildman–Crippen MR) is 103 cm³/mol. The number of ether oxygens (including phenoxy) is 1. The Hall–Kier alpha value is -1.31. The number of pyridine rings is 1. The van der Waals surface area contributed by atoms with Crippen LogP contribution in [0.2, 0.25) is 0 Å². The smallest absolute Gasteiger partial charge is 0.410 e. The van der Waals surface area contributed by atoms with Crippen molar-refractivity contribution in [1.29, 1.82) is 0 Å². The third kappa shape index (κ3) is 3.38.